The van der Waals surface area contributed by atoms with Crippen molar-refractivity contribution in [3.05, 3.63) is 47.8 Å². The standard InChI is InChI=1S/C17H20N2O5/c1-11-5-6-14(24-11)13-10-22-9-7-19(13)17(21)12(2)18-16(20)15-4-3-8-23-15/h3-6,8,12-13H,7,9-10H2,1-2H3,(H,18,20). The van der Waals surface area contributed by atoms with E-state index in [0.29, 0.717) is 25.5 Å². The van der Waals surface area contributed by atoms with Gasteiger partial charge in [0.15, 0.2) is 5.76 Å². The summed E-state index contributed by atoms with van der Waals surface area (Å²) < 4.78 is 16.2. The van der Waals surface area contributed by atoms with Crippen LogP contribution in [0.2, 0.25) is 0 Å². The van der Waals surface area contributed by atoms with Gasteiger partial charge in [-0.15, -0.1) is 0 Å². The molecule has 0 bridgehead atoms. The summed E-state index contributed by atoms with van der Waals surface area (Å²) in [6.45, 7) is 4.79. The summed E-state index contributed by atoms with van der Waals surface area (Å²) in [4.78, 5) is 26.5. The lowest BCUT2D eigenvalue weighted by Gasteiger charge is -2.36. The van der Waals surface area contributed by atoms with Crippen molar-refractivity contribution >= 4 is 11.8 Å². The van der Waals surface area contributed by atoms with Gasteiger partial charge in [0.1, 0.15) is 23.6 Å². The number of ether oxygens (including phenoxy) is 1. The first-order chi connectivity index (χ1) is 11.6. The van der Waals surface area contributed by atoms with Gasteiger partial charge in [0.25, 0.3) is 5.91 Å². The molecule has 0 aliphatic carbocycles. The first-order valence-corrected chi connectivity index (χ1v) is 7.85. The number of aryl methyl sites for hydroxylation is 1. The smallest absolute Gasteiger partial charge is 0.287 e. The van der Waals surface area contributed by atoms with Crippen LogP contribution >= 0.6 is 0 Å². The molecule has 3 rings (SSSR count). The number of nitrogens with one attached hydrogen (secondary N) is 1. The van der Waals surface area contributed by atoms with Crippen LogP contribution in [0.4, 0.5) is 0 Å². The zero-order valence-corrected chi connectivity index (χ0v) is 13.7. The van der Waals surface area contributed by atoms with Crippen molar-refractivity contribution < 1.29 is 23.2 Å². The molecule has 2 aromatic rings. The van der Waals surface area contributed by atoms with Crippen LogP contribution < -0.4 is 5.32 Å². The number of carbonyl (C=O) groups is 2. The van der Waals surface area contributed by atoms with Crippen LogP contribution in [-0.4, -0.2) is 42.5 Å². The maximum atomic E-state index is 12.8. The van der Waals surface area contributed by atoms with Gasteiger partial charge in [0, 0.05) is 6.54 Å². The molecule has 0 aromatic carbocycles. The van der Waals surface area contributed by atoms with Gasteiger partial charge in [-0.2, -0.15) is 0 Å². The van der Waals surface area contributed by atoms with Crippen molar-refractivity contribution in [2.24, 2.45) is 0 Å². The summed E-state index contributed by atoms with van der Waals surface area (Å²) in [7, 11) is 0. The second-order valence-electron chi connectivity index (χ2n) is 5.74. The molecular formula is C17H20N2O5. The lowest BCUT2D eigenvalue weighted by Crippen LogP contribution is -2.51. The maximum Gasteiger partial charge on any atom is 0.287 e. The minimum absolute atomic E-state index is 0.176. The van der Waals surface area contributed by atoms with Crippen LogP contribution in [0.5, 0.6) is 0 Å². The Kier molecular flexibility index (Phi) is 4.71. The third-order valence-electron chi connectivity index (χ3n) is 3.96. The zero-order valence-electron chi connectivity index (χ0n) is 13.7. The monoisotopic (exact) mass is 332 g/mol. The Morgan fingerprint density at radius 2 is 2.17 bits per heavy atom. The highest BCUT2D eigenvalue weighted by atomic mass is 16.5. The van der Waals surface area contributed by atoms with E-state index in [-0.39, 0.29) is 17.7 Å². The summed E-state index contributed by atoms with van der Waals surface area (Å²) in [6.07, 6.45) is 1.42. The van der Waals surface area contributed by atoms with Gasteiger partial charge in [-0.3, -0.25) is 9.59 Å². The van der Waals surface area contributed by atoms with E-state index in [9.17, 15) is 9.59 Å². The Labute approximate surface area is 139 Å². The lowest BCUT2D eigenvalue weighted by molar-refractivity contribution is -0.142. The van der Waals surface area contributed by atoms with Crippen molar-refractivity contribution in [3.8, 4) is 0 Å². The minimum Gasteiger partial charge on any atom is -0.464 e. The number of hydrogen-bond acceptors (Lipinski definition) is 5. The number of hydrogen-bond donors (Lipinski definition) is 1. The lowest BCUT2D eigenvalue weighted by atomic mass is 10.1. The summed E-state index contributed by atoms with van der Waals surface area (Å²) in [5.41, 5.74) is 0. The average molecular weight is 332 g/mol. The first kappa shape index (κ1) is 16.3. The minimum atomic E-state index is -0.681. The highest BCUT2D eigenvalue weighted by Gasteiger charge is 2.33. The van der Waals surface area contributed by atoms with Crippen LogP contribution in [0.3, 0.4) is 0 Å². The Morgan fingerprint density at radius 3 is 2.83 bits per heavy atom. The molecule has 1 fully saturated rings. The molecule has 24 heavy (non-hydrogen) atoms. The fraction of sp³-hybridized carbons (Fsp3) is 0.412. The van der Waals surface area contributed by atoms with Gasteiger partial charge >= 0.3 is 0 Å². The van der Waals surface area contributed by atoms with Gasteiger partial charge in [-0.05, 0) is 38.1 Å². The summed E-state index contributed by atoms with van der Waals surface area (Å²) in [5.74, 6) is 1.04. The van der Waals surface area contributed by atoms with Crippen LogP contribution in [0.15, 0.2) is 39.4 Å². The number of rotatable bonds is 4. The Hall–Kier alpha value is -2.54. The van der Waals surface area contributed by atoms with Gasteiger partial charge in [0.05, 0.1) is 19.5 Å². The molecule has 7 heteroatoms. The average Bonchev–Trinajstić information content (AvgIpc) is 3.25. The molecule has 3 heterocycles. The molecule has 0 radical (unpaired) electrons. The van der Waals surface area contributed by atoms with Crippen LogP contribution in [0, 0.1) is 6.92 Å². The van der Waals surface area contributed by atoms with Gasteiger partial charge < -0.3 is 23.8 Å². The number of carbonyl (C=O) groups excluding carboxylic acids is 2. The van der Waals surface area contributed by atoms with E-state index in [1.165, 1.54) is 6.26 Å². The predicted molar refractivity (Wildman–Crippen MR) is 84.4 cm³/mol. The molecule has 1 saturated heterocycles. The Balaban J connectivity index is 1.70. The normalized spacial score (nSPS) is 19.1. The van der Waals surface area contributed by atoms with Crippen molar-refractivity contribution in [1.29, 1.82) is 0 Å². The van der Waals surface area contributed by atoms with Gasteiger partial charge in [0.2, 0.25) is 5.91 Å². The summed E-state index contributed by atoms with van der Waals surface area (Å²) in [5, 5.41) is 2.66. The van der Waals surface area contributed by atoms with E-state index in [1.54, 1.807) is 24.0 Å². The van der Waals surface area contributed by atoms with Gasteiger partial charge in [-0.1, -0.05) is 0 Å². The molecule has 0 spiro atoms. The zero-order chi connectivity index (χ0) is 17.1. The predicted octanol–water partition coefficient (Wildman–Crippen LogP) is 1.90. The molecule has 2 amide bonds. The number of amides is 2. The fourth-order valence-corrected chi connectivity index (χ4v) is 2.72. The molecule has 1 N–H and O–H groups in total. The van der Waals surface area contributed by atoms with Crippen molar-refractivity contribution in [1.82, 2.24) is 10.2 Å². The first-order valence-electron chi connectivity index (χ1n) is 7.85. The molecule has 128 valence electrons. The summed E-state index contributed by atoms with van der Waals surface area (Å²) in [6, 6.07) is 5.91. The van der Waals surface area contributed by atoms with Gasteiger partial charge in [-0.25, -0.2) is 0 Å². The van der Waals surface area contributed by atoms with E-state index in [2.05, 4.69) is 5.32 Å². The Morgan fingerprint density at radius 1 is 1.33 bits per heavy atom. The number of nitrogens with zero attached hydrogens (tertiary/aromatic N) is 1. The van der Waals surface area contributed by atoms with Crippen molar-refractivity contribution in [2.45, 2.75) is 25.9 Å². The van der Waals surface area contributed by atoms with Crippen LogP contribution in [-0.2, 0) is 9.53 Å². The third kappa shape index (κ3) is 3.35. The van der Waals surface area contributed by atoms with Crippen molar-refractivity contribution in [2.75, 3.05) is 19.8 Å². The number of furan rings is 2. The van der Waals surface area contributed by atoms with Crippen LogP contribution in [0.25, 0.3) is 0 Å². The van der Waals surface area contributed by atoms with E-state index < -0.39 is 11.9 Å². The molecule has 1 aliphatic heterocycles. The van der Waals surface area contributed by atoms with E-state index >= 15 is 0 Å². The van der Waals surface area contributed by atoms with E-state index in [1.807, 2.05) is 19.1 Å². The SMILES string of the molecule is Cc1ccc(C2COCCN2C(=O)C(C)NC(=O)c2ccco2)o1. The third-order valence-corrected chi connectivity index (χ3v) is 3.96. The van der Waals surface area contributed by atoms with E-state index in [0.717, 1.165) is 5.76 Å². The fourth-order valence-electron chi connectivity index (χ4n) is 2.72. The largest absolute Gasteiger partial charge is 0.464 e. The molecule has 2 unspecified atom stereocenters. The quantitative estimate of drug-likeness (QED) is 0.924. The topological polar surface area (TPSA) is 84.9 Å². The molecule has 2 aromatic heterocycles. The van der Waals surface area contributed by atoms with Crippen LogP contribution in [0.1, 0.15) is 35.0 Å². The van der Waals surface area contributed by atoms with E-state index in [4.69, 9.17) is 13.6 Å². The molecule has 7 nitrogen and oxygen atoms in total. The molecular weight excluding hydrogens is 312 g/mol. The summed E-state index contributed by atoms with van der Waals surface area (Å²) >= 11 is 0. The molecule has 0 saturated carbocycles. The second kappa shape index (κ2) is 6.92. The molecule has 1 aliphatic rings. The maximum absolute atomic E-state index is 12.8. The number of morpholine rings is 1. The Bertz CT molecular complexity index is 706. The highest BCUT2D eigenvalue weighted by molar-refractivity contribution is 5.95. The highest BCUT2D eigenvalue weighted by Crippen LogP contribution is 2.26. The molecule has 2 atom stereocenters. The van der Waals surface area contributed by atoms with Crippen molar-refractivity contribution in [3.63, 3.8) is 0 Å². The second-order valence-corrected chi connectivity index (χ2v) is 5.74.